The molecule has 21 heavy (non-hydrogen) atoms. The Morgan fingerprint density at radius 1 is 1.24 bits per heavy atom. The zero-order chi connectivity index (χ0) is 15.0. The minimum absolute atomic E-state index is 0.122. The van der Waals surface area contributed by atoms with Crippen LogP contribution in [0, 0.1) is 17.3 Å². The number of aliphatic hydroxyl groups excluding tert-OH is 1. The van der Waals surface area contributed by atoms with Gasteiger partial charge in [0.05, 0.1) is 6.10 Å². The van der Waals surface area contributed by atoms with Crippen molar-refractivity contribution in [1.29, 1.82) is 0 Å². The van der Waals surface area contributed by atoms with Gasteiger partial charge in [0.25, 0.3) is 0 Å². The highest BCUT2D eigenvalue weighted by atomic mass is 16.3. The molecule has 1 saturated carbocycles. The quantitative estimate of drug-likeness (QED) is 0.835. The molecule has 2 aliphatic carbocycles. The summed E-state index contributed by atoms with van der Waals surface area (Å²) in [6, 6.07) is 9.07. The van der Waals surface area contributed by atoms with Crippen LogP contribution >= 0.6 is 0 Å². The third-order valence-electron chi connectivity index (χ3n) is 6.66. The summed E-state index contributed by atoms with van der Waals surface area (Å²) in [6.45, 7) is 6.81. The fourth-order valence-electron chi connectivity index (χ4n) is 5.52. The van der Waals surface area contributed by atoms with E-state index in [1.807, 2.05) is 0 Å². The topological polar surface area (TPSA) is 20.2 Å². The van der Waals surface area contributed by atoms with E-state index in [1.165, 1.54) is 32.1 Å². The Balaban J connectivity index is 1.94. The Bertz CT molecular complexity index is 494. The summed E-state index contributed by atoms with van der Waals surface area (Å²) in [5, 5.41) is 10.6. The van der Waals surface area contributed by atoms with Gasteiger partial charge in [-0.05, 0) is 66.4 Å². The molecule has 0 amide bonds. The second kappa shape index (κ2) is 5.76. The molecule has 0 spiro atoms. The van der Waals surface area contributed by atoms with Gasteiger partial charge in [-0.25, -0.2) is 0 Å². The SMILES string of the molecule is CCC1C2CCc3ccccc3C2CC[C@]1(C)[C@@H](O)CC. The van der Waals surface area contributed by atoms with Gasteiger partial charge in [-0.1, -0.05) is 51.5 Å². The molecule has 1 fully saturated rings. The van der Waals surface area contributed by atoms with Gasteiger partial charge in [0.1, 0.15) is 0 Å². The molecule has 0 heterocycles. The summed E-state index contributed by atoms with van der Waals surface area (Å²) in [4.78, 5) is 0. The van der Waals surface area contributed by atoms with Crippen LogP contribution in [0.1, 0.15) is 69.9 Å². The van der Waals surface area contributed by atoms with Gasteiger partial charge >= 0.3 is 0 Å². The number of benzene rings is 1. The first-order valence-corrected chi connectivity index (χ1v) is 8.87. The number of hydrogen-bond donors (Lipinski definition) is 1. The maximum Gasteiger partial charge on any atom is 0.0593 e. The second-order valence-corrected chi connectivity index (χ2v) is 7.49. The predicted octanol–water partition coefficient (Wildman–Crippen LogP) is 4.93. The van der Waals surface area contributed by atoms with Crippen molar-refractivity contribution in [2.24, 2.45) is 17.3 Å². The van der Waals surface area contributed by atoms with E-state index >= 15 is 0 Å². The second-order valence-electron chi connectivity index (χ2n) is 7.49. The fourth-order valence-corrected chi connectivity index (χ4v) is 5.52. The van der Waals surface area contributed by atoms with E-state index in [-0.39, 0.29) is 11.5 Å². The highest BCUT2D eigenvalue weighted by molar-refractivity contribution is 5.34. The molecule has 1 N–H and O–H groups in total. The Morgan fingerprint density at radius 3 is 2.71 bits per heavy atom. The van der Waals surface area contributed by atoms with Crippen LogP contribution in [0.2, 0.25) is 0 Å². The summed E-state index contributed by atoms with van der Waals surface area (Å²) in [5.41, 5.74) is 3.31. The summed E-state index contributed by atoms with van der Waals surface area (Å²) >= 11 is 0. The van der Waals surface area contributed by atoms with Gasteiger partial charge < -0.3 is 5.11 Å². The van der Waals surface area contributed by atoms with Crippen LogP contribution in [0.25, 0.3) is 0 Å². The minimum atomic E-state index is -0.138. The van der Waals surface area contributed by atoms with E-state index in [9.17, 15) is 5.11 Å². The van der Waals surface area contributed by atoms with Gasteiger partial charge in [0.2, 0.25) is 0 Å². The lowest BCUT2D eigenvalue weighted by molar-refractivity contribution is -0.0710. The molecule has 0 saturated heterocycles. The fraction of sp³-hybridized carbons (Fsp3) is 0.700. The van der Waals surface area contributed by atoms with E-state index in [0.29, 0.717) is 5.92 Å². The van der Waals surface area contributed by atoms with Crippen LogP contribution < -0.4 is 0 Å². The van der Waals surface area contributed by atoms with Crippen LogP contribution in [0.15, 0.2) is 24.3 Å². The number of fused-ring (bicyclic) bond motifs is 3. The normalized spacial score (nSPS) is 36.7. The molecule has 1 aromatic rings. The van der Waals surface area contributed by atoms with Crippen molar-refractivity contribution in [3.8, 4) is 0 Å². The molecule has 0 radical (unpaired) electrons. The molecule has 1 heteroatoms. The molecule has 0 bridgehead atoms. The molecule has 2 aliphatic rings. The van der Waals surface area contributed by atoms with Crippen LogP contribution in [-0.4, -0.2) is 11.2 Å². The lowest BCUT2D eigenvalue weighted by atomic mass is 9.52. The van der Waals surface area contributed by atoms with E-state index < -0.39 is 0 Å². The highest BCUT2D eigenvalue weighted by Crippen LogP contribution is 2.57. The Kier molecular flexibility index (Phi) is 4.14. The number of rotatable bonds is 3. The third-order valence-corrected chi connectivity index (χ3v) is 6.66. The molecule has 1 aromatic carbocycles. The summed E-state index contributed by atoms with van der Waals surface area (Å²) in [7, 11) is 0. The number of aryl methyl sites for hydroxylation is 1. The molecule has 0 aromatic heterocycles. The monoisotopic (exact) mass is 286 g/mol. The van der Waals surface area contributed by atoms with Crippen molar-refractivity contribution < 1.29 is 5.11 Å². The van der Waals surface area contributed by atoms with Gasteiger partial charge in [0, 0.05) is 0 Å². The maximum atomic E-state index is 10.6. The molecule has 0 aliphatic heterocycles. The predicted molar refractivity (Wildman–Crippen MR) is 88.4 cm³/mol. The van der Waals surface area contributed by atoms with E-state index in [4.69, 9.17) is 0 Å². The summed E-state index contributed by atoms with van der Waals surface area (Å²) < 4.78 is 0. The molecule has 5 atom stereocenters. The standard InChI is InChI=1S/C20H30O/c1-4-18-17-11-10-14-8-6-7-9-15(14)16(17)12-13-20(18,3)19(21)5-2/h6-9,16-19,21H,4-5,10-13H2,1-3H3/t16?,17?,18?,19-,20-/m0/s1. The maximum absolute atomic E-state index is 10.6. The molecule has 1 nitrogen and oxygen atoms in total. The van der Waals surface area contributed by atoms with Gasteiger partial charge in [-0.2, -0.15) is 0 Å². The van der Waals surface area contributed by atoms with Crippen LogP contribution in [0.3, 0.4) is 0 Å². The van der Waals surface area contributed by atoms with Crippen molar-refractivity contribution in [2.75, 3.05) is 0 Å². The summed E-state index contributed by atoms with van der Waals surface area (Å²) in [5.74, 6) is 2.17. The van der Waals surface area contributed by atoms with Gasteiger partial charge in [0.15, 0.2) is 0 Å². The Hall–Kier alpha value is -0.820. The first-order valence-electron chi connectivity index (χ1n) is 8.87. The van der Waals surface area contributed by atoms with E-state index in [2.05, 4.69) is 45.0 Å². The smallest absolute Gasteiger partial charge is 0.0593 e. The van der Waals surface area contributed by atoms with Gasteiger partial charge in [-0.15, -0.1) is 0 Å². The van der Waals surface area contributed by atoms with Crippen LogP contribution in [-0.2, 0) is 6.42 Å². The van der Waals surface area contributed by atoms with E-state index in [0.717, 1.165) is 18.3 Å². The van der Waals surface area contributed by atoms with Crippen molar-refractivity contribution >= 4 is 0 Å². The van der Waals surface area contributed by atoms with Crippen molar-refractivity contribution in [1.82, 2.24) is 0 Å². The zero-order valence-electron chi connectivity index (χ0n) is 13.8. The zero-order valence-corrected chi connectivity index (χ0v) is 13.8. The molecule has 116 valence electrons. The molecule has 3 rings (SSSR count). The number of aliphatic hydroxyl groups is 1. The Labute approximate surface area is 129 Å². The highest BCUT2D eigenvalue weighted by Gasteiger charge is 2.49. The summed E-state index contributed by atoms with van der Waals surface area (Å²) in [6.07, 6.45) is 6.93. The lowest BCUT2D eigenvalue weighted by Crippen LogP contribution is -2.48. The average Bonchev–Trinajstić information content (AvgIpc) is 2.53. The van der Waals surface area contributed by atoms with Gasteiger partial charge in [-0.3, -0.25) is 0 Å². The Morgan fingerprint density at radius 2 is 2.00 bits per heavy atom. The average molecular weight is 286 g/mol. The largest absolute Gasteiger partial charge is 0.393 e. The third kappa shape index (κ3) is 2.34. The molecular formula is C20H30O. The van der Waals surface area contributed by atoms with Crippen molar-refractivity contribution in [2.45, 2.75) is 71.3 Å². The first kappa shape index (κ1) is 15.1. The van der Waals surface area contributed by atoms with Crippen molar-refractivity contribution in [3.63, 3.8) is 0 Å². The first-order chi connectivity index (χ1) is 10.1. The minimum Gasteiger partial charge on any atom is -0.393 e. The van der Waals surface area contributed by atoms with Crippen LogP contribution in [0.4, 0.5) is 0 Å². The van der Waals surface area contributed by atoms with Crippen LogP contribution in [0.5, 0.6) is 0 Å². The molecular weight excluding hydrogens is 256 g/mol. The molecule has 3 unspecified atom stereocenters. The van der Waals surface area contributed by atoms with E-state index in [1.54, 1.807) is 11.1 Å². The lowest BCUT2D eigenvalue weighted by Gasteiger charge is -2.53. The number of hydrogen-bond acceptors (Lipinski definition) is 1. The van der Waals surface area contributed by atoms with Crippen molar-refractivity contribution in [3.05, 3.63) is 35.4 Å².